The molecule has 1 aliphatic rings. The van der Waals surface area contributed by atoms with E-state index in [0.29, 0.717) is 5.56 Å². The molecule has 1 atom stereocenters. The minimum atomic E-state index is -0.545. The molecule has 134 valence electrons. The molecule has 3 rings (SSSR count). The Balaban J connectivity index is 1.57. The number of hydrogen-bond acceptors (Lipinski definition) is 4. The molecule has 0 bridgehead atoms. The minimum absolute atomic E-state index is 0.105. The molecule has 1 heterocycles. The number of ether oxygens (including phenoxy) is 1. The van der Waals surface area contributed by atoms with Gasteiger partial charge in [-0.3, -0.25) is 14.4 Å². The molecule has 2 aromatic carbocycles. The van der Waals surface area contributed by atoms with Crippen molar-refractivity contribution in [3.63, 3.8) is 0 Å². The van der Waals surface area contributed by atoms with E-state index in [-0.39, 0.29) is 31.3 Å². The topological polar surface area (TPSA) is 63.7 Å². The fourth-order valence-corrected chi connectivity index (χ4v) is 2.99. The number of esters is 1. The maximum Gasteiger partial charge on any atom is 0.311 e. The Kier molecular flexibility index (Phi) is 5.46. The Morgan fingerprint density at radius 2 is 1.77 bits per heavy atom. The third kappa shape index (κ3) is 3.99. The Labute approximate surface area is 152 Å². The lowest BCUT2D eigenvalue weighted by molar-refractivity contribution is -0.147. The number of anilines is 1. The lowest BCUT2D eigenvalue weighted by atomic mass is 10.1. The summed E-state index contributed by atoms with van der Waals surface area (Å²) < 4.78 is 5.14. The second kappa shape index (κ2) is 7.95. The third-order valence-corrected chi connectivity index (χ3v) is 4.56. The first-order valence-corrected chi connectivity index (χ1v) is 8.72. The Morgan fingerprint density at radius 1 is 1.08 bits per heavy atom. The average molecular weight is 351 g/mol. The number of aryl methyl sites for hydroxylation is 1. The molecule has 0 unspecified atom stereocenters. The summed E-state index contributed by atoms with van der Waals surface area (Å²) in [7, 11) is 0. The summed E-state index contributed by atoms with van der Waals surface area (Å²) in [4.78, 5) is 38.1. The van der Waals surface area contributed by atoms with Crippen LogP contribution in [0.5, 0.6) is 0 Å². The molecular formula is C21H21NO4. The van der Waals surface area contributed by atoms with Crippen LogP contribution in [0.2, 0.25) is 0 Å². The smallest absolute Gasteiger partial charge is 0.311 e. The van der Waals surface area contributed by atoms with E-state index < -0.39 is 11.9 Å². The molecule has 1 amide bonds. The van der Waals surface area contributed by atoms with E-state index in [1.807, 2.05) is 30.3 Å². The number of carbonyl (C=O) groups excluding carboxylic acids is 3. The second-order valence-electron chi connectivity index (χ2n) is 6.32. The molecule has 5 nitrogen and oxygen atoms in total. The van der Waals surface area contributed by atoms with Crippen LogP contribution in [0, 0.1) is 5.92 Å². The fourth-order valence-electron chi connectivity index (χ4n) is 2.99. The van der Waals surface area contributed by atoms with Gasteiger partial charge in [0.15, 0.2) is 12.4 Å². The van der Waals surface area contributed by atoms with Crippen molar-refractivity contribution >= 4 is 23.3 Å². The highest BCUT2D eigenvalue weighted by Crippen LogP contribution is 2.26. The Bertz CT molecular complexity index is 799. The molecule has 1 fully saturated rings. The van der Waals surface area contributed by atoms with Gasteiger partial charge in [-0.1, -0.05) is 49.4 Å². The molecule has 1 aliphatic heterocycles. The van der Waals surface area contributed by atoms with Crippen molar-refractivity contribution in [1.82, 2.24) is 0 Å². The molecule has 2 aromatic rings. The molecular weight excluding hydrogens is 330 g/mol. The van der Waals surface area contributed by atoms with Crippen molar-refractivity contribution in [2.24, 2.45) is 5.92 Å². The molecule has 0 radical (unpaired) electrons. The number of ketones is 1. The molecule has 0 spiro atoms. The SMILES string of the molecule is CCc1ccc(N2C[C@@H](C(=O)OCC(=O)c3ccccc3)CC2=O)cc1. The molecule has 0 N–H and O–H groups in total. The van der Waals surface area contributed by atoms with Gasteiger partial charge in [0, 0.05) is 24.2 Å². The Morgan fingerprint density at radius 3 is 2.42 bits per heavy atom. The molecule has 0 aromatic heterocycles. The first-order chi connectivity index (χ1) is 12.6. The van der Waals surface area contributed by atoms with E-state index in [1.54, 1.807) is 29.2 Å². The van der Waals surface area contributed by atoms with Crippen LogP contribution in [0.25, 0.3) is 0 Å². The van der Waals surface area contributed by atoms with Gasteiger partial charge in [-0.05, 0) is 24.1 Å². The van der Waals surface area contributed by atoms with Gasteiger partial charge in [-0.2, -0.15) is 0 Å². The van der Waals surface area contributed by atoms with Gasteiger partial charge in [0.1, 0.15) is 0 Å². The van der Waals surface area contributed by atoms with E-state index >= 15 is 0 Å². The molecule has 0 aliphatic carbocycles. The van der Waals surface area contributed by atoms with Crippen LogP contribution >= 0.6 is 0 Å². The highest BCUT2D eigenvalue weighted by Gasteiger charge is 2.36. The second-order valence-corrected chi connectivity index (χ2v) is 6.32. The summed E-state index contributed by atoms with van der Waals surface area (Å²) in [6, 6.07) is 16.4. The normalized spacial score (nSPS) is 16.6. The standard InChI is InChI=1S/C21H21NO4/c1-2-15-8-10-18(11-9-15)22-13-17(12-20(22)24)21(25)26-14-19(23)16-6-4-3-5-7-16/h3-11,17H,2,12-14H2,1H3/t17-/m0/s1. The van der Waals surface area contributed by atoms with Crippen LogP contribution in [0.15, 0.2) is 54.6 Å². The summed E-state index contributed by atoms with van der Waals surface area (Å²) in [5, 5.41) is 0. The van der Waals surface area contributed by atoms with Crippen LogP contribution in [-0.4, -0.2) is 30.8 Å². The van der Waals surface area contributed by atoms with E-state index in [2.05, 4.69) is 6.92 Å². The van der Waals surface area contributed by atoms with Gasteiger partial charge >= 0.3 is 5.97 Å². The molecule has 0 saturated carbocycles. The van der Waals surface area contributed by atoms with Crippen molar-refractivity contribution in [2.45, 2.75) is 19.8 Å². The highest BCUT2D eigenvalue weighted by atomic mass is 16.5. The van der Waals surface area contributed by atoms with E-state index in [9.17, 15) is 14.4 Å². The zero-order valence-electron chi connectivity index (χ0n) is 14.7. The van der Waals surface area contributed by atoms with Crippen molar-refractivity contribution < 1.29 is 19.1 Å². The number of Topliss-reactive ketones (excluding diaryl/α,β-unsaturated/α-hetero) is 1. The summed E-state index contributed by atoms with van der Waals surface area (Å²) in [5.41, 5.74) is 2.47. The number of nitrogens with zero attached hydrogens (tertiary/aromatic N) is 1. The van der Waals surface area contributed by atoms with Gasteiger partial charge in [0.2, 0.25) is 5.91 Å². The first kappa shape index (κ1) is 17.9. The largest absolute Gasteiger partial charge is 0.457 e. The zero-order valence-corrected chi connectivity index (χ0v) is 14.7. The predicted molar refractivity (Wildman–Crippen MR) is 98.0 cm³/mol. The number of rotatable bonds is 6. The van der Waals surface area contributed by atoms with Crippen LogP contribution in [0.3, 0.4) is 0 Å². The van der Waals surface area contributed by atoms with E-state index in [4.69, 9.17) is 4.74 Å². The minimum Gasteiger partial charge on any atom is -0.457 e. The van der Waals surface area contributed by atoms with Crippen LogP contribution < -0.4 is 4.90 Å². The summed E-state index contributed by atoms with van der Waals surface area (Å²) >= 11 is 0. The number of hydrogen-bond donors (Lipinski definition) is 0. The average Bonchev–Trinajstić information content (AvgIpc) is 3.08. The maximum absolute atomic E-state index is 12.3. The summed E-state index contributed by atoms with van der Waals surface area (Å²) in [6.07, 6.45) is 1.03. The van der Waals surface area contributed by atoms with Crippen molar-refractivity contribution in [1.29, 1.82) is 0 Å². The van der Waals surface area contributed by atoms with Crippen LogP contribution in [0.1, 0.15) is 29.3 Å². The highest BCUT2D eigenvalue weighted by molar-refractivity contribution is 6.01. The van der Waals surface area contributed by atoms with Crippen LogP contribution in [0.4, 0.5) is 5.69 Å². The molecule has 5 heteroatoms. The monoisotopic (exact) mass is 351 g/mol. The summed E-state index contributed by atoms with van der Waals surface area (Å²) in [6.45, 7) is 2.04. The fraction of sp³-hybridized carbons (Fsp3) is 0.286. The maximum atomic E-state index is 12.3. The van der Waals surface area contributed by atoms with E-state index in [0.717, 1.165) is 12.1 Å². The van der Waals surface area contributed by atoms with Crippen molar-refractivity contribution in [3.8, 4) is 0 Å². The van der Waals surface area contributed by atoms with Gasteiger partial charge in [0.25, 0.3) is 0 Å². The zero-order chi connectivity index (χ0) is 18.5. The number of benzene rings is 2. The first-order valence-electron chi connectivity index (χ1n) is 8.72. The number of amides is 1. The predicted octanol–water partition coefficient (Wildman–Crippen LogP) is 3.03. The lowest BCUT2D eigenvalue weighted by Gasteiger charge is -2.17. The van der Waals surface area contributed by atoms with Crippen LogP contribution in [-0.2, 0) is 20.7 Å². The van der Waals surface area contributed by atoms with Crippen molar-refractivity contribution in [2.75, 3.05) is 18.1 Å². The van der Waals surface area contributed by atoms with Gasteiger partial charge in [-0.25, -0.2) is 0 Å². The lowest BCUT2D eigenvalue weighted by Crippen LogP contribution is -2.27. The third-order valence-electron chi connectivity index (χ3n) is 4.56. The quantitative estimate of drug-likeness (QED) is 0.593. The number of carbonyl (C=O) groups is 3. The molecule has 26 heavy (non-hydrogen) atoms. The van der Waals surface area contributed by atoms with Gasteiger partial charge in [0.05, 0.1) is 5.92 Å². The van der Waals surface area contributed by atoms with E-state index in [1.165, 1.54) is 5.56 Å². The Hall–Kier alpha value is -2.95. The van der Waals surface area contributed by atoms with Crippen molar-refractivity contribution in [3.05, 3.63) is 65.7 Å². The van der Waals surface area contributed by atoms with Gasteiger partial charge in [-0.15, -0.1) is 0 Å². The summed E-state index contributed by atoms with van der Waals surface area (Å²) in [5.74, 6) is -1.41. The van der Waals surface area contributed by atoms with Gasteiger partial charge < -0.3 is 9.64 Å². The molecule has 1 saturated heterocycles.